The smallest absolute Gasteiger partial charge is 0.310 e. The molecule has 3 aromatic carbocycles. The topological polar surface area (TPSA) is 105 Å². The van der Waals surface area contributed by atoms with Crippen LogP contribution in [0.1, 0.15) is 24.2 Å². The number of nitrogens with zero attached hydrogens (tertiary/aromatic N) is 4. The van der Waals surface area contributed by atoms with Gasteiger partial charge in [0.25, 0.3) is 0 Å². The molecule has 6 rings (SSSR count). The second-order valence-electron chi connectivity index (χ2n) is 10.5. The van der Waals surface area contributed by atoms with Crippen LogP contribution in [0.5, 0.6) is 5.75 Å². The molecule has 0 atom stereocenters. The van der Waals surface area contributed by atoms with E-state index in [0.717, 1.165) is 63.7 Å². The Bertz CT molecular complexity index is 1730. The lowest BCUT2D eigenvalue weighted by molar-refractivity contribution is -0.142. The number of hydrogen-bond donors (Lipinski definition) is 1. The van der Waals surface area contributed by atoms with Gasteiger partial charge in [0.15, 0.2) is 0 Å². The Morgan fingerprint density at radius 1 is 1.02 bits per heavy atom. The quantitative estimate of drug-likeness (QED) is 0.223. The fourth-order valence-electron chi connectivity index (χ4n) is 5.65. The van der Waals surface area contributed by atoms with Crippen LogP contribution in [0.2, 0.25) is 0 Å². The Morgan fingerprint density at radius 2 is 1.88 bits per heavy atom. The number of rotatable bonds is 11. The highest BCUT2D eigenvalue weighted by atomic mass is 16.5. The lowest BCUT2D eigenvalue weighted by atomic mass is 9.97. The minimum Gasteiger partial charge on any atom is -0.487 e. The van der Waals surface area contributed by atoms with Crippen molar-refractivity contribution in [2.24, 2.45) is 0 Å². The predicted octanol–water partition coefficient (Wildman–Crippen LogP) is 5.02. The standard InChI is InChI=1S/C33H35N5O4/c1-3-41-32(39)18-23-7-4-5-10-31(23)42-21-30-28-17-22(25-8-6-9-27-26(25)13-14-35-33(27)34)11-12-29(28)36-38(30)24-19-37(20-24)15-16-40-2/h4-14,17,24H,3,15-16,18-21H2,1-2H3,(H2,34,35). The molecular formula is C33H35N5O4. The summed E-state index contributed by atoms with van der Waals surface area (Å²) in [6, 6.07) is 22.3. The molecule has 0 saturated carbocycles. The number of nitrogens with two attached hydrogens (primary N) is 1. The van der Waals surface area contributed by atoms with Gasteiger partial charge in [-0.05, 0) is 47.7 Å². The zero-order valence-electron chi connectivity index (χ0n) is 24.0. The van der Waals surface area contributed by atoms with Crippen molar-refractivity contribution >= 4 is 33.5 Å². The van der Waals surface area contributed by atoms with E-state index in [4.69, 9.17) is 25.0 Å². The van der Waals surface area contributed by atoms with Gasteiger partial charge in [-0.1, -0.05) is 42.5 Å². The molecule has 9 heteroatoms. The maximum atomic E-state index is 12.2. The average Bonchev–Trinajstić information content (AvgIpc) is 3.33. The molecule has 1 saturated heterocycles. The lowest BCUT2D eigenvalue weighted by Crippen LogP contribution is -2.49. The van der Waals surface area contributed by atoms with Gasteiger partial charge in [0.1, 0.15) is 18.2 Å². The number of aromatic nitrogens is 3. The van der Waals surface area contributed by atoms with Crippen molar-refractivity contribution < 1.29 is 19.0 Å². The minimum atomic E-state index is -0.273. The molecule has 1 aliphatic heterocycles. The number of pyridine rings is 1. The molecule has 1 aliphatic rings. The molecule has 3 heterocycles. The Kier molecular flexibility index (Phi) is 8.03. The molecule has 42 heavy (non-hydrogen) atoms. The number of methoxy groups -OCH3 is 1. The number of hydrogen-bond acceptors (Lipinski definition) is 8. The second kappa shape index (κ2) is 12.2. The van der Waals surface area contributed by atoms with Gasteiger partial charge >= 0.3 is 5.97 Å². The molecule has 1 fully saturated rings. The molecule has 0 amide bonds. The Labute approximate surface area is 244 Å². The van der Waals surface area contributed by atoms with Crippen LogP contribution in [-0.4, -0.2) is 65.6 Å². The van der Waals surface area contributed by atoms with E-state index >= 15 is 0 Å². The molecule has 0 spiro atoms. The number of carbonyl (C=O) groups is 1. The van der Waals surface area contributed by atoms with Crippen LogP contribution in [0, 0.1) is 0 Å². The van der Waals surface area contributed by atoms with Crippen molar-refractivity contribution in [2.45, 2.75) is 26.0 Å². The predicted molar refractivity (Wildman–Crippen MR) is 163 cm³/mol. The lowest BCUT2D eigenvalue weighted by Gasteiger charge is -2.39. The number of esters is 1. The van der Waals surface area contributed by atoms with Gasteiger partial charge in [0.2, 0.25) is 0 Å². The van der Waals surface area contributed by atoms with Crippen molar-refractivity contribution in [1.29, 1.82) is 0 Å². The molecule has 5 aromatic rings. The zero-order chi connectivity index (χ0) is 29.1. The molecule has 0 bridgehead atoms. The molecular weight excluding hydrogens is 530 g/mol. The summed E-state index contributed by atoms with van der Waals surface area (Å²) in [5, 5.41) is 8.05. The van der Waals surface area contributed by atoms with E-state index in [2.05, 4.69) is 38.8 Å². The first-order chi connectivity index (χ1) is 20.6. The van der Waals surface area contributed by atoms with E-state index in [-0.39, 0.29) is 18.4 Å². The largest absolute Gasteiger partial charge is 0.487 e. The number of nitrogen functional groups attached to an aromatic ring is 1. The van der Waals surface area contributed by atoms with Gasteiger partial charge in [0, 0.05) is 49.3 Å². The van der Waals surface area contributed by atoms with Gasteiger partial charge in [0.05, 0.1) is 36.9 Å². The summed E-state index contributed by atoms with van der Waals surface area (Å²) in [6.45, 7) is 5.85. The fourth-order valence-corrected chi connectivity index (χ4v) is 5.65. The summed E-state index contributed by atoms with van der Waals surface area (Å²) in [5.41, 5.74) is 11.0. The molecule has 9 nitrogen and oxygen atoms in total. The van der Waals surface area contributed by atoms with Crippen LogP contribution >= 0.6 is 0 Å². The van der Waals surface area contributed by atoms with Crippen LogP contribution in [-0.2, 0) is 27.3 Å². The maximum Gasteiger partial charge on any atom is 0.310 e. The van der Waals surface area contributed by atoms with E-state index in [1.54, 1.807) is 13.3 Å². The van der Waals surface area contributed by atoms with E-state index in [9.17, 15) is 4.79 Å². The van der Waals surface area contributed by atoms with Crippen LogP contribution in [0.3, 0.4) is 0 Å². The van der Waals surface area contributed by atoms with Gasteiger partial charge < -0.3 is 19.9 Å². The first-order valence-electron chi connectivity index (χ1n) is 14.3. The zero-order valence-corrected chi connectivity index (χ0v) is 24.0. The first-order valence-corrected chi connectivity index (χ1v) is 14.3. The van der Waals surface area contributed by atoms with Gasteiger partial charge in [-0.2, -0.15) is 5.10 Å². The Hall–Kier alpha value is -4.47. The van der Waals surface area contributed by atoms with E-state index < -0.39 is 0 Å². The summed E-state index contributed by atoms with van der Waals surface area (Å²) in [5.74, 6) is 0.905. The molecule has 0 aliphatic carbocycles. The Morgan fingerprint density at radius 3 is 2.71 bits per heavy atom. The summed E-state index contributed by atoms with van der Waals surface area (Å²) >= 11 is 0. The molecule has 2 N–H and O–H groups in total. The third-order valence-corrected chi connectivity index (χ3v) is 7.82. The van der Waals surface area contributed by atoms with Crippen molar-refractivity contribution in [1.82, 2.24) is 19.7 Å². The third kappa shape index (κ3) is 5.53. The summed E-state index contributed by atoms with van der Waals surface area (Å²) < 4.78 is 19.0. The molecule has 0 unspecified atom stereocenters. The third-order valence-electron chi connectivity index (χ3n) is 7.82. The molecule has 0 radical (unpaired) electrons. The number of anilines is 1. The highest BCUT2D eigenvalue weighted by molar-refractivity contribution is 6.02. The van der Waals surface area contributed by atoms with Crippen LogP contribution in [0.15, 0.2) is 72.9 Å². The average molecular weight is 566 g/mol. The van der Waals surface area contributed by atoms with E-state index in [0.29, 0.717) is 31.4 Å². The Balaban J connectivity index is 1.37. The van der Waals surface area contributed by atoms with Crippen molar-refractivity contribution in [3.63, 3.8) is 0 Å². The number of fused-ring (bicyclic) bond motifs is 2. The fraction of sp³-hybridized carbons (Fsp3) is 0.303. The van der Waals surface area contributed by atoms with Gasteiger partial charge in [-0.25, -0.2) is 4.98 Å². The number of para-hydroxylation sites is 1. The SMILES string of the molecule is CCOC(=O)Cc1ccccc1OCc1c2cc(-c3cccc4c(N)nccc34)ccc2nn1C1CN(CCOC)C1. The van der Waals surface area contributed by atoms with E-state index in [1.165, 1.54) is 0 Å². The summed E-state index contributed by atoms with van der Waals surface area (Å²) in [6.07, 6.45) is 1.90. The maximum absolute atomic E-state index is 12.2. The number of ether oxygens (including phenoxy) is 3. The normalized spacial score (nSPS) is 13.9. The molecule has 216 valence electrons. The summed E-state index contributed by atoms with van der Waals surface area (Å²) in [4.78, 5) is 18.9. The molecule has 2 aromatic heterocycles. The van der Waals surface area contributed by atoms with Crippen LogP contribution in [0.25, 0.3) is 32.8 Å². The van der Waals surface area contributed by atoms with Crippen molar-refractivity contribution in [3.05, 3.63) is 84.2 Å². The number of benzene rings is 3. The monoisotopic (exact) mass is 565 g/mol. The van der Waals surface area contributed by atoms with Gasteiger partial charge in [-0.3, -0.25) is 14.4 Å². The summed E-state index contributed by atoms with van der Waals surface area (Å²) in [7, 11) is 1.73. The van der Waals surface area contributed by atoms with Crippen molar-refractivity contribution in [3.8, 4) is 16.9 Å². The van der Waals surface area contributed by atoms with Crippen LogP contribution in [0.4, 0.5) is 5.82 Å². The second-order valence-corrected chi connectivity index (χ2v) is 10.5. The van der Waals surface area contributed by atoms with Crippen LogP contribution < -0.4 is 10.5 Å². The highest BCUT2D eigenvalue weighted by Gasteiger charge is 2.31. The number of likely N-dealkylation sites (tertiary alicyclic amines) is 1. The highest BCUT2D eigenvalue weighted by Crippen LogP contribution is 2.35. The number of carbonyl (C=O) groups excluding carboxylic acids is 1. The van der Waals surface area contributed by atoms with Crippen molar-refractivity contribution in [2.75, 3.05) is 45.7 Å². The van der Waals surface area contributed by atoms with Gasteiger partial charge in [-0.15, -0.1) is 0 Å². The minimum absolute atomic E-state index is 0.157. The van der Waals surface area contributed by atoms with E-state index in [1.807, 2.05) is 49.4 Å². The first kappa shape index (κ1) is 27.7.